The molecule has 3 heteroatoms. The van der Waals surface area contributed by atoms with Gasteiger partial charge in [-0.25, -0.2) is 0 Å². The molecule has 0 saturated heterocycles. The van der Waals surface area contributed by atoms with Crippen molar-refractivity contribution in [1.82, 2.24) is 10.2 Å². The van der Waals surface area contributed by atoms with Crippen LogP contribution < -0.4 is 5.32 Å². The second-order valence-electron chi connectivity index (χ2n) is 3.49. The third kappa shape index (κ3) is 2.29. The van der Waals surface area contributed by atoms with Gasteiger partial charge in [0, 0.05) is 30.1 Å². The van der Waals surface area contributed by atoms with Crippen molar-refractivity contribution in [3.8, 4) is 0 Å². The van der Waals surface area contributed by atoms with Gasteiger partial charge in [0.15, 0.2) is 0 Å². The maximum Gasteiger partial charge on any atom is 0.0478 e. The lowest BCUT2D eigenvalue weighted by Crippen LogP contribution is -2.33. The Labute approximate surface area is 79.6 Å². The van der Waals surface area contributed by atoms with E-state index < -0.39 is 0 Å². The van der Waals surface area contributed by atoms with Gasteiger partial charge in [0.2, 0.25) is 0 Å². The van der Waals surface area contributed by atoms with Crippen molar-refractivity contribution in [1.29, 1.82) is 0 Å². The van der Waals surface area contributed by atoms with Crippen LogP contribution in [0.3, 0.4) is 0 Å². The topological polar surface area (TPSA) is 15.3 Å². The van der Waals surface area contributed by atoms with Gasteiger partial charge in [-0.05, 0) is 26.6 Å². The molecular weight excluding hydrogens is 168 g/mol. The Morgan fingerprint density at radius 1 is 1.50 bits per heavy atom. The normalized spacial score (nSPS) is 16.8. The van der Waals surface area contributed by atoms with Gasteiger partial charge in [-0.3, -0.25) is 0 Å². The number of thiocarbonyl (C=S) groups is 1. The number of hydrogen-bond donors (Lipinski definition) is 1. The lowest BCUT2D eigenvalue weighted by atomic mass is 9.95. The molecule has 0 aromatic rings. The summed E-state index contributed by atoms with van der Waals surface area (Å²) in [7, 11) is 4.14. The van der Waals surface area contributed by atoms with Crippen molar-refractivity contribution in [3.05, 3.63) is 11.3 Å². The summed E-state index contributed by atoms with van der Waals surface area (Å²) in [6, 6.07) is 0. The van der Waals surface area contributed by atoms with E-state index in [0.29, 0.717) is 0 Å². The van der Waals surface area contributed by atoms with E-state index >= 15 is 0 Å². The first kappa shape index (κ1) is 9.68. The third-order valence-corrected chi connectivity index (χ3v) is 2.34. The molecule has 0 unspecified atom stereocenters. The van der Waals surface area contributed by atoms with E-state index in [1.807, 2.05) is 0 Å². The number of nitrogens with one attached hydrogen (secondary N) is 1. The highest BCUT2D eigenvalue weighted by molar-refractivity contribution is 7.81. The largest absolute Gasteiger partial charge is 0.383 e. The average Bonchev–Trinajstić information content (AvgIpc) is 1.98. The van der Waals surface area contributed by atoms with Crippen LogP contribution >= 0.6 is 12.2 Å². The molecule has 1 rings (SSSR count). The summed E-state index contributed by atoms with van der Waals surface area (Å²) >= 11 is 5.13. The maximum atomic E-state index is 5.13. The van der Waals surface area contributed by atoms with Crippen LogP contribution in [0.15, 0.2) is 11.3 Å². The molecule has 12 heavy (non-hydrogen) atoms. The first-order valence-electron chi connectivity index (χ1n) is 4.23. The van der Waals surface area contributed by atoms with Crippen LogP contribution in [0.4, 0.5) is 0 Å². The molecule has 0 radical (unpaired) electrons. The van der Waals surface area contributed by atoms with Crippen LogP contribution in [0.1, 0.15) is 13.3 Å². The number of rotatable bonds is 4. The SMILES string of the molecule is CC1=C(NCCN(C)C)C(=S)C1. The van der Waals surface area contributed by atoms with Crippen LogP contribution in [0.5, 0.6) is 0 Å². The van der Waals surface area contributed by atoms with Crippen LogP contribution in [-0.2, 0) is 0 Å². The molecule has 1 aliphatic rings. The standard InChI is InChI=1S/C9H16N2S/c1-7-6-8(12)9(7)10-4-5-11(2)3/h10H,4-6H2,1-3H3. The Bertz CT molecular complexity index is 219. The van der Waals surface area contributed by atoms with E-state index in [2.05, 4.69) is 31.2 Å². The van der Waals surface area contributed by atoms with Crippen LogP contribution in [0, 0.1) is 0 Å². The Morgan fingerprint density at radius 3 is 2.58 bits per heavy atom. The first-order valence-corrected chi connectivity index (χ1v) is 4.63. The number of likely N-dealkylation sites (N-methyl/N-ethyl adjacent to an activating group) is 1. The number of nitrogens with zero attached hydrogens (tertiary/aromatic N) is 1. The highest BCUT2D eigenvalue weighted by Gasteiger charge is 2.18. The minimum Gasteiger partial charge on any atom is -0.383 e. The highest BCUT2D eigenvalue weighted by Crippen LogP contribution is 2.21. The smallest absolute Gasteiger partial charge is 0.0478 e. The molecule has 0 spiro atoms. The molecule has 0 atom stereocenters. The van der Waals surface area contributed by atoms with Gasteiger partial charge in [-0.15, -0.1) is 0 Å². The van der Waals surface area contributed by atoms with Gasteiger partial charge < -0.3 is 10.2 Å². The van der Waals surface area contributed by atoms with Crippen molar-refractivity contribution >= 4 is 17.1 Å². The van der Waals surface area contributed by atoms with Crippen LogP contribution in [0.2, 0.25) is 0 Å². The fraction of sp³-hybridized carbons (Fsp3) is 0.667. The second kappa shape index (κ2) is 4.01. The van der Waals surface area contributed by atoms with Gasteiger partial charge in [-0.1, -0.05) is 12.2 Å². The van der Waals surface area contributed by atoms with Crippen molar-refractivity contribution in [2.75, 3.05) is 27.2 Å². The molecule has 68 valence electrons. The summed E-state index contributed by atoms with van der Waals surface area (Å²) in [6.45, 7) is 4.17. The van der Waals surface area contributed by atoms with Crippen molar-refractivity contribution in [2.24, 2.45) is 0 Å². The Morgan fingerprint density at radius 2 is 2.17 bits per heavy atom. The zero-order valence-electron chi connectivity index (χ0n) is 7.98. The van der Waals surface area contributed by atoms with Gasteiger partial charge in [0.05, 0.1) is 0 Å². The van der Waals surface area contributed by atoms with E-state index in [9.17, 15) is 0 Å². The van der Waals surface area contributed by atoms with E-state index in [-0.39, 0.29) is 0 Å². The van der Waals surface area contributed by atoms with Gasteiger partial charge in [0.25, 0.3) is 0 Å². The molecule has 1 aliphatic carbocycles. The Kier molecular flexibility index (Phi) is 3.23. The molecule has 0 fully saturated rings. The maximum absolute atomic E-state index is 5.13. The third-order valence-electron chi connectivity index (χ3n) is 1.99. The van der Waals surface area contributed by atoms with E-state index in [4.69, 9.17) is 12.2 Å². The quantitative estimate of drug-likeness (QED) is 0.661. The summed E-state index contributed by atoms with van der Waals surface area (Å²) in [5.74, 6) is 0. The molecule has 2 nitrogen and oxygen atoms in total. The molecule has 0 aliphatic heterocycles. The zero-order valence-corrected chi connectivity index (χ0v) is 8.79. The predicted molar refractivity (Wildman–Crippen MR) is 56.5 cm³/mol. The summed E-state index contributed by atoms with van der Waals surface area (Å²) in [4.78, 5) is 3.25. The van der Waals surface area contributed by atoms with E-state index in [0.717, 1.165) is 24.4 Å². The van der Waals surface area contributed by atoms with Gasteiger partial charge >= 0.3 is 0 Å². The van der Waals surface area contributed by atoms with E-state index in [1.54, 1.807) is 0 Å². The van der Waals surface area contributed by atoms with Crippen molar-refractivity contribution < 1.29 is 0 Å². The Balaban J connectivity index is 2.24. The molecule has 0 amide bonds. The second-order valence-corrected chi connectivity index (χ2v) is 3.98. The lowest BCUT2D eigenvalue weighted by molar-refractivity contribution is 0.408. The van der Waals surface area contributed by atoms with Gasteiger partial charge in [-0.2, -0.15) is 0 Å². The molecule has 0 aromatic carbocycles. The minimum absolute atomic E-state index is 0.986. The number of hydrogen-bond acceptors (Lipinski definition) is 3. The summed E-state index contributed by atoms with van der Waals surface area (Å²) in [5, 5.41) is 3.35. The average molecular weight is 184 g/mol. The number of allylic oxidation sites excluding steroid dienone is 2. The molecule has 0 bridgehead atoms. The fourth-order valence-corrected chi connectivity index (χ4v) is 1.67. The predicted octanol–water partition coefficient (Wildman–Crippen LogP) is 1.19. The molecule has 0 aromatic heterocycles. The monoisotopic (exact) mass is 184 g/mol. The molecule has 1 N–H and O–H groups in total. The van der Waals surface area contributed by atoms with Crippen molar-refractivity contribution in [3.63, 3.8) is 0 Å². The molecule has 0 saturated carbocycles. The summed E-state index contributed by atoms with van der Waals surface area (Å²) in [5.41, 5.74) is 2.62. The minimum atomic E-state index is 0.986. The molecule has 0 heterocycles. The zero-order chi connectivity index (χ0) is 9.14. The fourth-order valence-electron chi connectivity index (χ4n) is 1.20. The Hall–Kier alpha value is -0.410. The summed E-state index contributed by atoms with van der Waals surface area (Å²) < 4.78 is 0. The highest BCUT2D eigenvalue weighted by atomic mass is 32.1. The lowest BCUT2D eigenvalue weighted by Gasteiger charge is -2.24. The van der Waals surface area contributed by atoms with Crippen LogP contribution in [0.25, 0.3) is 0 Å². The first-order chi connectivity index (χ1) is 5.61. The van der Waals surface area contributed by atoms with E-state index in [1.165, 1.54) is 11.3 Å². The van der Waals surface area contributed by atoms with Crippen molar-refractivity contribution in [2.45, 2.75) is 13.3 Å². The van der Waals surface area contributed by atoms with Crippen LogP contribution in [-0.4, -0.2) is 36.9 Å². The summed E-state index contributed by atoms with van der Waals surface area (Å²) in [6.07, 6.45) is 1.01. The molecular formula is C9H16N2S. The van der Waals surface area contributed by atoms with Gasteiger partial charge in [0.1, 0.15) is 0 Å².